The average Bonchev–Trinajstić information content (AvgIpc) is 3.05. The quantitative estimate of drug-likeness (QED) is 0.871. The lowest BCUT2D eigenvalue weighted by Gasteiger charge is -2.17. The van der Waals surface area contributed by atoms with Gasteiger partial charge >= 0.3 is 0 Å². The van der Waals surface area contributed by atoms with E-state index in [0.29, 0.717) is 18.1 Å². The summed E-state index contributed by atoms with van der Waals surface area (Å²) in [7, 11) is 0. The summed E-state index contributed by atoms with van der Waals surface area (Å²) in [5.41, 5.74) is 2.90. The fraction of sp³-hybridized carbons (Fsp3) is 0.389. The zero-order valence-electron chi connectivity index (χ0n) is 13.6. The van der Waals surface area contributed by atoms with Crippen molar-refractivity contribution in [3.63, 3.8) is 0 Å². The number of hydrogen-bond donors (Lipinski definition) is 2. The first-order valence-electron chi connectivity index (χ1n) is 8.16. The van der Waals surface area contributed by atoms with Crippen LogP contribution >= 0.6 is 11.6 Å². The van der Waals surface area contributed by atoms with Crippen molar-refractivity contribution in [3.05, 3.63) is 58.6 Å². The van der Waals surface area contributed by atoms with Gasteiger partial charge in [0, 0.05) is 55.3 Å². The molecule has 0 saturated carbocycles. The Morgan fingerprint density at radius 2 is 2.21 bits per heavy atom. The summed E-state index contributed by atoms with van der Waals surface area (Å²) in [5, 5.41) is 6.92. The van der Waals surface area contributed by atoms with Crippen LogP contribution in [0.1, 0.15) is 23.0 Å². The number of aryl methyl sites for hydroxylation is 1. The van der Waals surface area contributed by atoms with Crippen molar-refractivity contribution in [2.24, 2.45) is 5.92 Å². The van der Waals surface area contributed by atoms with Crippen LogP contribution in [0.5, 0.6) is 0 Å². The van der Waals surface area contributed by atoms with E-state index in [1.165, 1.54) is 0 Å². The second-order valence-corrected chi connectivity index (χ2v) is 6.52. The maximum atomic E-state index is 12.5. The van der Waals surface area contributed by atoms with E-state index in [1.54, 1.807) is 6.20 Å². The molecular formula is C18H21ClN4O. The predicted octanol–water partition coefficient (Wildman–Crippen LogP) is 2.10. The van der Waals surface area contributed by atoms with Gasteiger partial charge in [-0.25, -0.2) is 0 Å². The maximum absolute atomic E-state index is 12.5. The summed E-state index contributed by atoms with van der Waals surface area (Å²) >= 11 is 5.89. The molecule has 1 aliphatic heterocycles. The Kier molecular flexibility index (Phi) is 5.43. The van der Waals surface area contributed by atoms with Gasteiger partial charge in [-0.3, -0.25) is 14.8 Å². The number of nitrogens with one attached hydrogen (secondary N) is 2. The molecule has 1 saturated heterocycles. The smallest absolute Gasteiger partial charge is 0.225 e. The van der Waals surface area contributed by atoms with Crippen molar-refractivity contribution >= 4 is 17.5 Å². The molecule has 3 heterocycles. The number of pyridine rings is 2. The monoisotopic (exact) mass is 344 g/mol. The highest BCUT2D eigenvalue weighted by Gasteiger charge is 2.34. The Labute approximate surface area is 146 Å². The number of nitrogens with zero attached hydrogens (tertiary/aromatic N) is 2. The van der Waals surface area contributed by atoms with Crippen molar-refractivity contribution in [3.8, 4) is 0 Å². The van der Waals surface area contributed by atoms with Crippen molar-refractivity contribution < 1.29 is 4.79 Å². The topological polar surface area (TPSA) is 66.9 Å². The Hall–Kier alpha value is -1.98. The molecule has 2 aromatic rings. The number of rotatable bonds is 5. The molecule has 1 fully saturated rings. The lowest BCUT2D eigenvalue weighted by atomic mass is 9.91. The highest BCUT2D eigenvalue weighted by atomic mass is 35.5. The standard InChI is InChI=1S/C18H21ClN4O/c1-12-3-2-4-14(23-12)7-8-21-18(24)16-11-20-10-15(16)17-6-5-13(19)9-22-17/h2-6,9,15-16,20H,7-8,10-11H2,1H3,(H,21,24)/t15-,16-/m1/s1. The highest BCUT2D eigenvalue weighted by molar-refractivity contribution is 6.30. The van der Waals surface area contributed by atoms with E-state index in [4.69, 9.17) is 11.6 Å². The summed E-state index contributed by atoms with van der Waals surface area (Å²) in [6.07, 6.45) is 2.37. The van der Waals surface area contributed by atoms with E-state index >= 15 is 0 Å². The molecule has 2 atom stereocenters. The number of halogens is 1. The summed E-state index contributed by atoms with van der Waals surface area (Å²) < 4.78 is 0. The fourth-order valence-corrected chi connectivity index (χ4v) is 3.17. The van der Waals surface area contributed by atoms with Gasteiger partial charge < -0.3 is 10.6 Å². The minimum atomic E-state index is -0.107. The molecule has 0 radical (unpaired) electrons. The molecule has 0 spiro atoms. The van der Waals surface area contributed by atoms with Gasteiger partial charge in [0.15, 0.2) is 0 Å². The molecular weight excluding hydrogens is 324 g/mol. The van der Waals surface area contributed by atoms with E-state index in [-0.39, 0.29) is 17.7 Å². The van der Waals surface area contributed by atoms with Crippen LogP contribution in [-0.2, 0) is 11.2 Å². The van der Waals surface area contributed by atoms with E-state index in [0.717, 1.165) is 30.0 Å². The summed E-state index contributed by atoms with van der Waals surface area (Å²) in [4.78, 5) is 21.3. The van der Waals surface area contributed by atoms with Crippen molar-refractivity contribution in [1.82, 2.24) is 20.6 Å². The van der Waals surface area contributed by atoms with Gasteiger partial charge in [0.1, 0.15) is 0 Å². The van der Waals surface area contributed by atoms with Gasteiger partial charge in [0.2, 0.25) is 5.91 Å². The summed E-state index contributed by atoms with van der Waals surface area (Å²) in [5.74, 6) is 0.0397. The van der Waals surface area contributed by atoms with Crippen LogP contribution in [0, 0.1) is 12.8 Å². The molecule has 24 heavy (non-hydrogen) atoms. The van der Waals surface area contributed by atoms with Crippen molar-refractivity contribution in [2.75, 3.05) is 19.6 Å². The van der Waals surface area contributed by atoms with E-state index in [1.807, 2.05) is 37.3 Å². The molecule has 2 N–H and O–H groups in total. The van der Waals surface area contributed by atoms with E-state index in [2.05, 4.69) is 20.6 Å². The Balaban J connectivity index is 1.56. The van der Waals surface area contributed by atoms with Crippen LogP contribution in [0.25, 0.3) is 0 Å². The number of aromatic nitrogens is 2. The molecule has 1 amide bonds. The minimum absolute atomic E-state index is 0.0643. The van der Waals surface area contributed by atoms with Crippen LogP contribution in [0.2, 0.25) is 5.02 Å². The number of amides is 1. The SMILES string of the molecule is Cc1cccc(CCNC(=O)[C@@H]2CNC[C@H]2c2ccc(Cl)cn2)n1. The van der Waals surface area contributed by atoms with Gasteiger partial charge in [0.05, 0.1) is 10.9 Å². The van der Waals surface area contributed by atoms with E-state index < -0.39 is 0 Å². The lowest BCUT2D eigenvalue weighted by Crippen LogP contribution is -2.35. The normalized spacial score (nSPS) is 20.1. The molecule has 3 rings (SSSR count). The highest BCUT2D eigenvalue weighted by Crippen LogP contribution is 2.27. The van der Waals surface area contributed by atoms with Crippen LogP contribution in [0.4, 0.5) is 0 Å². The minimum Gasteiger partial charge on any atom is -0.355 e. The Morgan fingerprint density at radius 3 is 2.96 bits per heavy atom. The van der Waals surface area contributed by atoms with Gasteiger partial charge in [-0.05, 0) is 31.2 Å². The first-order chi connectivity index (χ1) is 11.6. The zero-order chi connectivity index (χ0) is 16.9. The molecule has 2 aromatic heterocycles. The molecule has 0 aliphatic carbocycles. The molecule has 126 valence electrons. The molecule has 0 aromatic carbocycles. The molecule has 5 nitrogen and oxygen atoms in total. The van der Waals surface area contributed by atoms with Gasteiger partial charge in [-0.2, -0.15) is 0 Å². The number of carbonyl (C=O) groups excluding carboxylic acids is 1. The fourth-order valence-electron chi connectivity index (χ4n) is 3.06. The van der Waals surface area contributed by atoms with Gasteiger partial charge in [0.25, 0.3) is 0 Å². The van der Waals surface area contributed by atoms with Crippen LogP contribution in [0.15, 0.2) is 36.5 Å². The van der Waals surface area contributed by atoms with Crippen LogP contribution in [-0.4, -0.2) is 35.5 Å². The molecule has 0 bridgehead atoms. The second kappa shape index (κ2) is 7.73. The zero-order valence-corrected chi connectivity index (χ0v) is 14.4. The molecule has 1 aliphatic rings. The third-order valence-electron chi connectivity index (χ3n) is 4.31. The average molecular weight is 345 g/mol. The van der Waals surface area contributed by atoms with E-state index in [9.17, 15) is 4.79 Å². The summed E-state index contributed by atoms with van der Waals surface area (Å²) in [6, 6.07) is 9.66. The molecule has 0 unspecified atom stereocenters. The largest absolute Gasteiger partial charge is 0.355 e. The van der Waals surface area contributed by atoms with Gasteiger partial charge in [-0.1, -0.05) is 17.7 Å². The van der Waals surface area contributed by atoms with Crippen molar-refractivity contribution in [2.45, 2.75) is 19.3 Å². The number of hydrogen-bond acceptors (Lipinski definition) is 4. The first kappa shape index (κ1) is 16.9. The third kappa shape index (κ3) is 4.10. The lowest BCUT2D eigenvalue weighted by molar-refractivity contribution is -0.124. The van der Waals surface area contributed by atoms with Crippen LogP contribution < -0.4 is 10.6 Å². The number of carbonyl (C=O) groups is 1. The van der Waals surface area contributed by atoms with Gasteiger partial charge in [-0.15, -0.1) is 0 Å². The Morgan fingerprint density at radius 1 is 1.33 bits per heavy atom. The molecule has 6 heteroatoms. The summed E-state index contributed by atoms with van der Waals surface area (Å²) in [6.45, 7) is 3.98. The van der Waals surface area contributed by atoms with Crippen LogP contribution in [0.3, 0.4) is 0 Å². The third-order valence-corrected chi connectivity index (χ3v) is 4.53. The maximum Gasteiger partial charge on any atom is 0.225 e. The predicted molar refractivity (Wildman–Crippen MR) is 94.0 cm³/mol. The van der Waals surface area contributed by atoms with Crippen molar-refractivity contribution in [1.29, 1.82) is 0 Å². The second-order valence-electron chi connectivity index (χ2n) is 6.08. The first-order valence-corrected chi connectivity index (χ1v) is 8.53. The Bertz CT molecular complexity index is 704.